The fourth-order valence-corrected chi connectivity index (χ4v) is 1.85. The topological polar surface area (TPSA) is 71.5 Å². The largest absolute Gasteiger partial charge is 0.389 e. The highest BCUT2D eigenvalue weighted by Gasteiger charge is 2.12. The smallest absolute Gasteiger partial charge is 0.270 e. The van der Waals surface area contributed by atoms with E-state index in [1.165, 1.54) is 7.11 Å². The van der Waals surface area contributed by atoms with E-state index in [0.29, 0.717) is 5.69 Å². The summed E-state index contributed by atoms with van der Waals surface area (Å²) in [6.07, 6.45) is 0.881. The molecule has 1 aromatic carbocycles. The standard InChI is InChI=1S/C14H16N2O3/c1-19-9-11(17)8-16-14(18)13-12-5-3-2-4-10(12)6-7-15-13/h2-7,11,17H,8-9H2,1H3,(H,16,18). The monoisotopic (exact) mass is 260 g/mol. The normalized spacial score (nSPS) is 12.3. The van der Waals surface area contributed by atoms with Crippen LogP contribution in [0.15, 0.2) is 36.5 Å². The van der Waals surface area contributed by atoms with Gasteiger partial charge in [-0.05, 0) is 11.5 Å². The van der Waals surface area contributed by atoms with Gasteiger partial charge in [0.1, 0.15) is 5.69 Å². The molecule has 0 aliphatic heterocycles. The number of methoxy groups -OCH3 is 1. The van der Waals surface area contributed by atoms with E-state index in [9.17, 15) is 9.90 Å². The minimum atomic E-state index is -0.719. The number of hydrogen-bond donors (Lipinski definition) is 2. The van der Waals surface area contributed by atoms with Crippen molar-refractivity contribution in [2.75, 3.05) is 20.3 Å². The summed E-state index contributed by atoms with van der Waals surface area (Å²) in [5.74, 6) is -0.299. The third-order valence-electron chi connectivity index (χ3n) is 2.75. The highest BCUT2D eigenvalue weighted by atomic mass is 16.5. The van der Waals surface area contributed by atoms with Crippen molar-refractivity contribution < 1.29 is 14.6 Å². The van der Waals surface area contributed by atoms with Gasteiger partial charge in [-0.3, -0.25) is 9.78 Å². The number of rotatable bonds is 5. The lowest BCUT2D eigenvalue weighted by molar-refractivity contribution is 0.0609. The van der Waals surface area contributed by atoms with Gasteiger partial charge in [0.05, 0.1) is 12.7 Å². The maximum atomic E-state index is 12.0. The summed E-state index contributed by atoms with van der Waals surface area (Å²) in [6, 6.07) is 9.40. The van der Waals surface area contributed by atoms with E-state index in [1.807, 2.05) is 30.3 Å². The van der Waals surface area contributed by atoms with E-state index < -0.39 is 6.10 Å². The number of carbonyl (C=O) groups is 1. The fraction of sp³-hybridized carbons (Fsp3) is 0.286. The first kappa shape index (κ1) is 13.5. The highest BCUT2D eigenvalue weighted by Crippen LogP contribution is 2.15. The van der Waals surface area contributed by atoms with Gasteiger partial charge < -0.3 is 15.2 Å². The molecule has 1 aromatic heterocycles. The quantitative estimate of drug-likeness (QED) is 0.840. The lowest BCUT2D eigenvalue weighted by Crippen LogP contribution is -2.34. The molecule has 1 atom stereocenters. The number of nitrogens with zero attached hydrogens (tertiary/aromatic N) is 1. The third kappa shape index (κ3) is 3.27. The van der Waals surface area contributed by atoms with Crippen LogP contribution in [0.3, 0.4) is 0 Å². The van der Waals surface area contributed by atoms with Gasteiger partial charge in [0.25, 0.3) is 5.91 Å². The van der Waals surface area contributed by atoms with Crippen LogP contribution in [-0.2, 0) is 4.74 Å². The van der Waals surface area contributed by atoms with Crippen LogP contribution in [0.25, 0.3) is 10.8 Å². The molecule has 19 heavy (non-hydrogen) atoms. The van der Waals surface area contributed by atoms with Gasteiger partial charge in [-0.25, -0.2) is 0 Å². The van der Waals surface area contributed by atoms with Crippen molar-refractivity contribution in [3.63, 3.8) is 0 Å². The van der Waals surface area contributed by atoms with Crippen molar-refractivity contribution in [2.45, 2.75) is 6.10 Å². The predicted molar refractivity (Wildman–Crippen MR) is 72.0 cm³/mol. The second-order valence-corrected chi connectivity index (χ2v) is 4.20. The van der Waals surface area contributed by atoms with Gasteiger partial charge in [0, 0.05) is 25.2 Å². The molecule has 0 bridgehead atoms. The minimum absolute atomic E-state index is 0.136. The number of aliphatic hydroxyl groups is 1. The first-order valence-electron chi connectivity index (χ1n) is 6.01. The summed E-state index contributed by atoms with van der Waals surface area (Å²) in [6.45, 7) is 0.320. The summed E-state index contributed by atoms with van der Waals surface area (Å²) in [5, 5.41) is 13.9. The van der Waals surface area contributed by atoms with Gasteiger partial charge in [-0.1, -0.05) is 24.3 Å². The number of aliphatic hydroxyl groups excluding tert-OH is 1. The molecule has 2 N–H and O–H groups in total. The summed E-state index contributed by atoms with van der Waals surface area (Å²) in [5.41, 5.74) is 0.364. The molecule has 0 spiro atoms. The van der Waals surface area contributed by atoms with Crippen LogP contribution in [0.2, 0.25) is 0 Å². The Kier molecular flexibility index (Phi) is 4.43. The first-order valence-corrected chi connectivity index (χ1v) is 6.01. The van der Waals surface area contributed by atoms with Crippen LogP contribution in [0, 0.1) is 0 Å². The Balaban J connectivity index is 2.13. The average molecular weight is 260 g/mol. The van der Waals surface area contributed by atoms with Crippen molar-refractivity contribution >= 4 is 16.7 Å². The van der Waals surface area contributed by atoms with E-state index >= 15 is 0 Å². The van der Waals surface area contributed by atoms with E-state index in [0.717, 1.165) is 10.8 Å². The molecule has 0 saturated heterocycles. The summed E-state index contributed by atoms with van der Waals surface area (Å²) < 4.78 is 4.79. The van der Waals surface area contributed by atoms with Crippen LogP contribution >= 0.6 is 0 Å². The SMILES string of the molecule is COCC(O)CNC(=O)c1nccc2ccccc12. The number of nitrogens with one attached hydrogen (secondary N) is 1. The molecule has 0 saturated carbocycles. The minimum Gasteiger partial charge on any atom is -0.389 e. The maximum absolute atomic E-state index is 12.0. The zero-order valence-electron chi connectivity index (χ0n) is 10.7. The number of benzene rings is 1. The predicted octanol–water partition coefficient (Wildman–Crippen LogP) is 0.972. The molecule has 5 nitrogen and oxygen atoms in total. The van der Waals surface area contributed by atoms with Crippen molar-refractivity contribution in [1.82, 2.24) is 10.3 Å². The fourth-order valence-electron chi connectivity index (χ4n) is 1.85. The number of pyridine rings is 1. The van der Waals surface area contributed by atoms with Crippen molar-refractivity contribution in [1.29, 1.82) is 0 Å². The molecular formula is C14H16N2O3. The molecule has 0 radical (unpaired) electrons. The number of hydrogen-bond acceptors (Lipinski definition) is 4. The van der Waals surface area contributed by atoms with Crippen LogP contribution < -0.4 is 5.32 Å². The Hall–Kier alpha value is -1.98. The number of amides is 1. The molecule has 1 unspecified atom stereocenters. The van der Waals surface area contributed by atoms with Gasteiger partial charge in [0.15, 0.2) is 0 Å². The second kappa shape index (κ2) is 6.26. The Morgan fingerprint density at radius 2 is 2.21 bits per heavy atom. The molecule has 0 aliphatic rings. The molecule has 0 fully saturated rings. The molecule has 2 aromatic rings. The van der Waals surface area contributed by atoms with Gasteiger partial charge in [-0.15, -0.1) is 0 Å². The molecule has 100 valence electrons. The maximum Gasteiger partial charge on any atom is 0.270 e. The number of aromatic nitrogens is 1. The van der Waals surface area contributed by atoms with Crippen LogP contribution in [0.1, 0.15) is 10.5 Å². The third-order valence-corrected chi connectivity index (χ3v) is 2.75. The molecule has 1 heterocycles. The van der Waals surface area contributed by atoms with E-state index in [-0.39, 0.29) is 19.1 Å². The van der Waals surface area contributed by atoms with Crippen molar-refractivity contribution in [2.24, 2.45) is 0 Å². The summed E-state index contributed by atoms with van der Waals surface area (Å²) in [7, 11) is 1.50. The Labute approximate surface area is 111 Å². The molecule has 0 aliphatic carbocycles. The average Bonchev–Trinajstić information content (AvgIpc) is 2.44. The number of carbonyl (C=O) groups excluding carboxylic acids is 1. The zero-order chi connectivity index (χ0) is 13.7. The number of fused-ring (bicyclic) bond motifs is 1. The Morgan fingerprint density at radius 3 is 3.00 bits per heavy atom. The van der Waals surface area contributed by atoms with Crippen LogP contribution in [-0.4, -0.2) is 42.4 Å². The van der Waals surface area contributed by atoms with Crippen LogP contribution in [0.5, 0.6) is 0 Å². The molecule has 2 rings (SSSR count). The first-order chi connectivity index (χ1) is 9.22. The molecule has 5 heteroatoms. The van der Waals surface area contributed by atoms with E-state index in [2.05, 4.69) is 10.3 Å². The Morgan fingerprint density at radius 1 is 1.42 bits per heavy atom. The van der Waals surface area contributed by atoms with Gasteiger partial charge in [-0.2, -0.15) is 0 Å². The Bertz CT molecular complexity index is 566. The lowest BCUT2D eigenvalue weighted by Gasteiger charge is -2.11. The van der Waals surface area contributed by atoms with Gasteiger partial charge in [0.2, 0.25) is 0 Å². The van der Waals surface area contributed by atoms with Crippen LogP contribution in [0.4, 0.5) is 0 Å². The number of ether oxygens (including phenoxy) is 1. The lowest BCUT2D eigenvalue weighted by atomic mass is 10.1. The highest BCUT2D eigenvalue weighted by molar-refractivity contribution is 6.05. The summed E-state index contributed by atoms with van der Waals surface area (Å²) in [4.78, 5) is 16.1. The van der Waals surface area contributed by atoms with Crippen molar-refractivity contribution in [3.8, 4) is 0 Å². The second-order valence-electron chi connectivity index (χ2n) is 4.20. The molecular weight excluding hydrogens is 244 g/mol. The van der Waals surface area contributed by atoms with E-state index in [1.54, 1.807) is 6.20 Å². The van der Waals surface area contributed by atoms with Crippen molar-refractivity contribution in [3.05, 3.63) is 42.2 Å². The zero-order valence-corrected chi connectivity index (χ0v) is 10.7. The van der Waals surface area contributed by atoms with Gasteiger partial charge >= 0.3 is 0 Å². The van der Waals surface area contributed by atoms with E-state index in [4.69, 9.17) is 4.74 Å². The molecule has 1 amide bonds. The summed E-state index contributed by atoms with van der Waals surface area (Å²) >= 11 is 0.